The lowest BCUT2D eigenvalue weighted by Crippen LogP contribution is -2.40. The minimum Gasteiger partial charge on any atom is -0.356 e. The zero-order valence-corrected chi connectivity index (χ0v) is 20.1. The Hall–Kier alpha value is -1.16. The van der Waals surface area contributed by atoms with Gasteiger partial charge in [-0.3, -0.25) is 4.99 Å². The fourth-order valence-electron chi connectivity index (χ4n) is 2.71. The minimum absolute atomic E-state index is 0. The van der Waals surface area contributed by atoms with Gasteiger partial charge in [-0.1, -0.05) is 46.6 Å². The van der Waals surface area contributed by atoms with Crippen LogP contribution in [-0.2, 0) is 12.8 Å². The van der Waals surface area contributed by atoms with Crippen molar-refractivity contribution in [2.45, 2.75) is 39.5 Å². The molecule has 0 radical (unpaired) electrons. The molecule has 1 aromatic heterocycles. The van der Waals surface area contributed by atoms with Gasteiger partial charge in [-0.2, -0.15) is 4.98 Å². The summed E-state index contributed by atoms with van der Waals surface area (Å²) in [5, 5.41) is 10.6. The summed E-state index contributed by atoms with van der Waals surface area (Å²) in [6.07, 6.45) is 3.85. The minimum atomic E-state index is 0. The third-order valence-corrected chi connectivity index (χ3v) is 4.70. The van der Waals surface area contributed by atoms with Crippen molar-refractivity contribution in [3.63, 3.8) is 0 Å². The van der Waals surface area contributed by atoms with E-state index >= 15 is 0 Å². The Morgan fingerprint density at radius 2 is 2.15 bits per heavy atom. The molecule has 0 saturated carbocycles. The van der Waals surface area contributed by atoms with Crippen LogP contribution in [0.15, 0.2) is 38.3 Å². The van der Waals surface area contributed by atoms with E-state index in [2.05, 4.69) is 72.9 Å². The van der Waals surface area contributed by atoms with E-state index in [1.165, 1.54) is 5.56 Å². The second-order valence-electron chi connectivity index (χ2n) is 6.33. The Morgan fingerprint density at radius 3 is 2.78 bits per heavy atom. The van der Waals surface area contributed by atoms with Crippen molar-refractivity contribution in [1.82, 2.24) is 20.8 Å². The number of aryl methyl sites for hydroxylation is 2. The maximum atomic E-state index is 5.12. The smallest absolute Gasteiger partial charge is 0.226 e. The molecule has 1 atom stereocenters. The number of benzene rings is 1. The first-order chi connectivity index (χ1) is 12.6. The molecule has 0 aliphatic carbocycles. The Kier molecular flexibility index (Phi) is 11.6. The normalized spacial score (nSPS) is 12.4. The van der Waals surface area contributed by atoms with Gasteiger partial charge >= 0.3 is 0 Å². The summed E-state index contributed by atoms with van der Waals surface area (Å²) in [7, 11) is 1.80. The fourth-order valence-corrected chi connectivity index (χ4v) is 3.15. The molecular formula is C19H29BrIN5O. The summed E-state index contributed by atoms with van der Waals surface area (Å²) >= 11 is 3.54. The predicted molar refractivity (Wildman–Crippen MR) is 124 cm³/mol. The van der Waals surface area contributed by atoms with Crippen LogP contribution in [0.4, 0.5) is 0 Å². The summed E-state index contributed by atoms with van der Waals surface area (Å²) in [6, 6.07) is 8.52. The molecule has 150 valence electrons. The van der Waals surface area contributed by atoms with E-state index < -0.39 is 0 Å². The van der Waals surface area contributed by atoms with E-state index in [-0.39, 0.29) is 24.0 Å². The first-order valence-electron chi connectivity index (χ1n) is 9.08. The van der Waals surface area contributed by atoms with Crippen LogP contribution in [0.1, 0.15) is 37.0 Å². The van der Waals surface area contributed by atoms with E-state index in [4.69, 9.17) is 4.52 Å². The number of aromatic nitrogens is 2. The number of aliphatic imine (C=N–C) groups is 1. The number of hydrogen-bond donors (Lipinski definition) is 2. The molecule has 0 aliphatic heterocycles. The number of halogens is 2. The lowest BCUT2D eigenvalue weighted by molar-refractivity contribution is 0.372. The van der Waals surface area contributed by atoms with Gasteiger partial charge in [0.1, 0.15) is 0 Å². The van der Waals surface area contributed by atoms with E-state index in [9.17, 15) is 0 Å². The zero-order valence-electron chi connectivity index (χ0n) is 16.2. The molecule has 2 rings (SSSR count). The molecule has 0 amide bonds. The van der Waals surface area contributed by atoms with Crippen LogP contribution >= 0.6 is 39.9 Å². The van der Waals surface area contributed by atoms with Crippen molar-refractivity contribution in [2.24, 2.45) is 10.9 Å². The average molecular weight is 550 g/mol. The molecule has 1 heterocycles. The molecule has 0 bridgehead atoms. The summed E-state index contributed by atoms with van der Waals surface area (Å²) in [5.74, 6) is 2.76. The van der Waals surface area contributed by atoms with Crippen LogP contribution in [0, 0.1) is 12.8 Å². The third-order valence-electron chi connectivity index (χ3n) is 4.20. The predicted octanol–water partition coefficient (Wildman–Crippen LogP) is 4.13. The van der Waals surface area contributed by atoms with Crippen LogP contribution in [0.25, 0.3) is 0 Å². The van der Waals surface area contributed by atoms with Crippen molar-refractivity contribution >= 4 is 45.9 Å². The van der Waals surface area contributed by atoms with Crippen LogP contribution in [0.3, 0.4) is 0 Å². The molecule has 1 aromatic carbocycles. The summed E-state index contributed by atoms with van der Waals surface area (Å²) < 4.78 is 6.25. The highest BCUT2D eigenvalue weighted by molar-refractivity contribution is 14.0. The van der Waals surface area contributed by atoms with Gasteiger partial charge in [0.2, 0.25) is 5.89 Å². The van der Waals surface area contributed by atoms with Crippen LogP contribution in [-0.4, -0.2) is 36.2 Å². The van der Waals surface area contributed by atoms with Gasteiger partial charge in [0, 0.05) is 31.0 Å². The molecule has 6 nitrogen and oxygen atoms in total. The molecule has 2 aromatic rings. The van der Waals surface area contributed by atoms with Gasteiger partial charge in [-0.15, -0.1) is 24.0 Å². The number of hydrogen-bond acceptors (Lipinski definition) is 4. The standard InChI is InChI=1S/C19H28BrN5O.HI/c1-4-15(11-16-7-5-8-17(20)12-16)13-23-19(21-3)22-10-6-9-18-24-14(2)25-26-18;/h5,7-8,12,15H,4,6,9-11,13H2,1-3H3,(H2,21,22,23);1H. The monoisotopic (exact) mass is 549 g/mol. The molecule has 8 heteroatoms. The van der Waals surface area contributed by atoms with Crippen LogP contribution < -0.4 is 10.6 Å². The Morgan fingerprint density at radius 1 is 1.33 bits per heavy atom. The number of rotatable bonds is 9. The largest absolute Gasteiger partial charge is 0.356 e. The van der Waals surface area contributed by atoms with Crippen molar-refractivity contribution in [1.29, 1.82) is 0 Å². The number of nitrogens with zero attached hydrogens (tertiary/aromatic N) is 3. The molecule has 0 fully saturated rings. The third kappa shape index (κ3) is 9.05. The topological polar surface area (TPSA) is 75.3 Å². The molecular weight excluding hydrogens is 521 g/mol. The average Bonchev–Trinajstić information content (AvgIpc) is 3.05. The maximum Gasteiger partial charge on any atom is 0.226 e. The van der Waals surface area contributed by atoms with Gasteiger partial charge in [-0.05, 0) is 43.4 Å². The lowest BCUT2D eigenvalue weighted by atomic mass is 9.97. The molecule has 0 saturated heterocycles. The number of guanidine groups is 1. The first-order valence-corrected chi connectivity index (χ1v) is 9.88. The molecule has 27 heavy (non-hydrogen) atoms. The van der Waals surface area contributed by atoms with E-state index in [1.54, 1.807) is 7.05 Å². The maximum absolute atomic E-state index is 5.12. The van der Waals surface area contributed by atoms with Crippen molar-refractivity contribution < 1.29 is 4.52 Å². The molecule has 2 N–H and O–H groups in total. The summed E-state index contributed by atoms with van der Waals surface area (Å²) in [4.78, 5) is 8.51. The Bertz CT molecular complexity index is 707. The molecule has 0 aliphatic rings. The van der Waals surface area contributed by atoms with Gasteiger partial charge in [-0.25, -0.2) is 0 Å². The second-order valence-corrected chi connectivity index (χ2v) is 7.24. The van der Waals surface area contributed by atoms with E-state index in [0.717, 1.165) is 49.2 Å². The second kappa shape index (κ2) is 13.1. The molecule has 0 spiro atoms. The van der Waals surface area contributed by atoms with Gasteiger partial charge in [0.15, 0.2) is 11.8 Å². The van der Waals surface area contributed by atoms with Crippen molar-refractivity contribution in [3.8, 4) is 0 Å². The lowest BCUT2D eigenvalue weighted by Gasteiger charge is -2.18. The molecule has 1 unspecified atom stereocenters. The summed E-state index contributed by atoms with van der Waals surface area (Å²) in [6.45, 7) is 5.76. The van der Waals surface area contributed by atoms with Crippen molar-refractivity contribution in [2.75, 3.05) is 20.1 Å². The first kappa shape index (κ1) is 23.9. The van der Waals surface area contributed by atoms with Crippen LogP contribution in [0.5, 0.6) is 0 Å². The van der Waals surface area contributed by atoms with E-state index in [0.29, 0.717) is 17.6 Å². The van der Waals surface area contributed by atoms with Crippen molar-refractivity contribution in [3.05, 3.63) is 46.0 Å². The Balaban J connectivity index is 0.00000364. The quantitative estimate of drug-likeness (QED) is 0.213. The van der Waals surface area contributed by atoms with Gasteiger partial charge in [0.05, 0.1) is 0 Å². The highest BCUT2D eigenvalue weighted by atomic mass is 127. The Labute approximate surface area is 187 Å². The zero-order chi connectivity index (χ0) is 18.8. The summed E-state index contributed by atoms with van der Waals surface area (Å²) in [5.41, 5.74) is 1.35. The number of nitrogens with one attached hydrogen (secondary N) is 2. The van der Waals surface area contributed by atoms with E-state index in [1.807, 2.05) is 6.92 Å². The van der Waals surface area contributed by atoms with Gasteiger partial charge < -0.3 is 15.2 Å². The highest BCUT2D eigenvalue weighted by Gasteiger charge is 2.09. The van der Waals surface area contributed by atoms with Crippen LogP contribution in [0.2, 0.25) is 0 Å². The fraction of sp³-hybridized carbons (Fsp3) is 0.526. The SMILES string of the molecule is CCC(CNC(=NC)NCCCc1nc(C)no1)Cc1cccc(Br)c1.I. The van der Waals surface area contributed by atoms with Gasteiger partial charge in [0.25, 0.3) is 0 Å². The highest BCUT2D eigenvalue weighted by Crippen LogP contribution is 2.16.